The topological polar surface area (TPSA) is 61.4 Å². The molecular formula is C9H21N3O2S. The van der Waals surface area contributed by atoms with Crippen LogP contribution in [0, 0.1) is 0 Å². The molecule has 0 saturated carbocycles. The Labute approximate surface area is 92.4 Å². The zero-order chi connectivity index (χ0) is 11.7. The molecule has 2 N–H and O–H groups in total. The lowest BCUT2D eigenvalue weighted by Gasteiger charge is -2.28. The van der Waals surface area contributed by atoms with Gasteiger partial charge in [0, 0.05) is 25.2 Å². The number of hydrogen-bond donors (Lipinski definition) is 2. The van der Waals surface area contributed by atoms with Crippen molar-refractivity contribution >= 4 is 10.2 Å². The van der Waals surface area contributed by atoms with Crippen molar-refractivity contribution in [2.75, 3.05) is 20.1 Å². The van der Waals surface area contributed by atoms with Gasteiger partial charge in [0.05, 0.1) is 0 Å². The normalized spacial score (nSPS) is 23.7. The van der Waals surface area contributed by atoms with Gasteiger partial charge in [0.25, 0.3) is 10.2 Å². The summed E-state index contributed by atoms with van der Waals surface area (Å²) < 4.78 is 27.9. The fourth-order valence-corrected chi connectivity index (χ4v) is 3.10. The van der Waals surface area contributed by atoms with Crippen LogP contribution in [0.15, 0.2) is 0 Å². The molecule has 5 nitrogen and oxygen atoms in total. The minimum absolute atomic E-state index is 0.0739. The lowest BCUT2D eigenvalue weighted by Crippen LogP contribution is -2.51. The molecule has 1 saturated heterocycles. The second-order valence-corrected chi connectivity index (χ2v) is 6.75. The second-order valence-electron chi connectivity index (χ2n) is 5.02. The number of likely N-dealkylation sites (N-methyl/N-ethyl adjacent to an activating group) is 1. The summed E-state index contributed by atoms with van der Waals surface area (Å²) in [4.78, 5) is 0. The molecule has 1 rings (SSSR count). The van der Waals surface area contributed by atoms with Crippen LogP contribution in [0.2, 0.25) is 0 Å². The Balaban J connectivity index is 2.68. The Morgan fingerprint density at radius 2 is 2.00 bits per heavy atom. The van der Waals surface area contributed by atoms with Crippen molar-refractivity contribution in [3.8, 4) is 0 Å². The third-order valence-electron chi connectivity index (χ3n) is 2.36. The van der Waals surface area contributed by atoms with E-state index in [1.807, 2.05) is 20.8 Å². The highest BCUT2D eigenvalue weighted by molar-refractivity contribution is 7.87. The van der Waals surface area contributed by atoms with Crippen molar-refractivity contribution in [3.63, 3.8) is 0 Å². The molecule has 15 heavy (non-hydrogen) atoms. The fraction of sp³-hybridized carbons (Fsp3) is 1.00. The van der Waals surface area contributed by atoms with Crippen molar-refractivity contribution in [1.82, 2.24) is 14.3 Å². The summed E-state index contributed by atoms with van der Waals surface area (Å²) in [6.45, 7) is 7.14. The molecule has 1 heterocycles. The average molecular weight is 235 g/mol. The Morgan fingerprint density at radius 3 is 2.40 bits per heavy atom. The Bertz CT molecular complexity index is 302. The minimum Gasteiger partial charge on any atom is -0.315 e. The summed E-state index contributed by atoms with van der Waals surface area (Å²) in [6.07, 6.45) is 0.877. The molecule has 1 aliphatic heterocycles. The van der Waals surface area contributed by atoms with Crippen LogP contribution in [0.3, 0.4) is 0 Å². The number of nitrogens with zero attached hydrogens (tertiary/aromatic N) is 1. The average Bonchev–Trinajstić information content (AvgIpc) is 2.49. The summed E-state index contributed by atoms with van der Waals surface area (Å²) in [5, 5.41) is 3.15. The maximum atomic E-state index is 11.9. The van der Waals surface area contributed by atoms with Gasteiger partial charge < -0.3 is 5.32 Å². The highest BCUT2D eigenvalue weighted by Crippen LogP contribution is 2.12. The van der Waals surface area contributed by atoms with Crippen LogP contribution in [0.1, 0.15) is 27.2 Å². The van der Waals surface area contributed by atoms with E-state index in [-0.39, 0.29) is 6.04 Å². The molecule has 0 aromatic rings. The molecule has 0 aromatic carbocycles. The first-order valence-electron chi connectivity index (χ1n) is 5.20. The van der Waals surface area contributed by atoms with Crippen molar-refractivity contribution in [3.05, 3.63) is 0 Å². The highest BCUT2D eigenvalue weighted by Gasteiger charge is 2.31. The van der Waals surface area contributed by atoms with Crippen molar-refractivity contribution in [2.24, 2.45) is 0 Å². The van der Waals surface area contributed by atoms with Crippen molar-refractivity contribution in [1.29, 1.82) is 0 Å². The van der Waals surface area contributed by atoms with E-state index in [0.29, 0.717) is 0 Å². The molecule has 1 fully saturated rings. The van der Waals surface area contributed by atoms with Gasteiger partial charge >= 0.3 is 0 Å². The quantitative estimate of drug-likeness (QED) is 0.719. The van der Waals surface area contributed by atoms with E-state index >= 15 is 0 Å². The predicted molar refractivity (Wildman–Crippen MR) is 60.8 cm³/mol. The van der Waals surface area contributed by atoms with Gasteiger partial charge in [-0.15, -0.1) is 0 Å². The first-order valence-corrected chi connectivity index (χ1v) is 6.64. The van der Waals surface area contributed by atoms with E-state index in [1.165, 1.54) is 4.31 Å². The summed E-state index contributed by atoms with van der Waals surface area (Å²) in [5.74, 6) is 0. The van der Waals surface area contributed by atoms with Gasteiger partial charge in [0.2, 0.25) is 0 Å². The third-order valence-corrected chi connectivity index (χ3v) is 4.29. The van der Waals surface area contributed by atoms with E-state index in [4.69, 9.17) is 0 Å². The molecule has 1 unspecified atom stereocenters. The summed E-state index contributed by atoms with van der Waals surface area (Å²) in [6, 6.07) is 0.0739. The predicted octanol–water partition coefficient (Wildman–Crippen LogP) is -0.0870. The Hall–Kier alpha value is -0.170. The molecular weight excluding hydrogens is 214 g/mol. The van der Waals surface area contributed by atoms with Crippen LogP contribution in [-0.4, -0.2) is 44.4 Å². The van der Waals surface area contributed by atoms with Crippen LogP contribution in [0.5, 0.6) is 0 Å². The zero-order valence-electron chi connectivity index (χ0n) is 9.87. The van der Waals surface area contributed by atoms with Gasteiger partial charge in [0.1, 0.15) is 0 Å². The second kappa shape index (κ2) is 4.37. The molecule has 0 aromatic heterocycles. The molecule has 1 atom stereocenters. The van der Waals surface area contributed by atoms with Gasteiger partial charge in [-0.1, -0.05) is 0 Å². The number of nitrogens with one attached hydrogen (secondary N) is 2. The first-order chi connectivity index (χ1) is 6.72. The summed E-state index contributed by atoms with van der Waals surface area (Å²) >= 11 is 0. The molecule has 0 aliphatic carbocycles. The molecule has 90 valence electrons. The van der Waals surface area contributed by atoms with Gasteiger partial charge in [-0.3, -0.25) is 0 Å². The smallest absolute Gasteiger partial charge is 0.279 e. The van der Waals surface area contributed by atoms with Gasteiger partial charge in [-0.05, 0) is 33.7 Å². The van der Waals surface area contributed by atoms with E-state index in [1.54, 1.807) is 7.05 Å². The molecule has 0 radical (unpaired) electrons. The maximum absolute atomic E-state index is 11.9. The van der Waals surface area contributed by atoms with Crippen molar-refractivity contribution in [2.45, 2.75) is 38.8 Å². The van der Waals surface area contributed by atoms with Crippen molar-refractivity contribution < 1.29 is 8.42 Å². The van der Waals surface area contributed by atoms with Crippen LogP contribution in [0.4, 0.5) is 0 Å². The van der Waals surface area contributed by atoms with E-state index in [9.17, 15) is 8.42 Å². The van der Waals surface area contributed by atoms with Gasteiger partial charge in [-0.25, -0.2) is 0 Å². The monoisotopic (exact) mass is 235 g/mol. The standard InChI is InChI=1S/C9H21N3O2S/c1-9(2,3)11-15(13,14)12(4)8-5-6-10-7-8/h8,10-11H,5-7H2,1-4H3. The zero-order valence-corrected chi connectivity index (χ0v) is 10.7. The number of hydrogen-bond acceptors (Lipinski definition) is 3. The molecule has 0 amide bonds. The lowest BCUT2D eigenvalue weighted by molar-refractivity contribution is 0.366. The van der Waals surface area contributed by atoms with Crippen LogP contribution >= 0.6 is 0 Å². The van der Waals surface area contributed by atoms with E-state index in [0.717, 1.165) is 19.5 Å². The molecule has 0 spiro atoms. The third kappa shape index (κ3) is 3.71. The highest BCUT2D eigenvalue weighted by atomic mass is 32.2. The number of rotatable bonds is 3. The van der Waals surface area contributed by atoms with Crippen LogP contribution in [0.25, 0.3) is 0 Å². The molecule has 1 aliphatic rings. The first kappa shape index (κ1) is 12.9. The minimum atomic E-state index is -3.36. The largest absolute Gasteiger partial charge is 0.315 e. The Kier molecular flexibility index (Phi) is 3.76. The fourth-order valence-electron chi connectivity index (χ4n) is 1.60. The van der Waals surface area contributed by atoms with Gasteiger partial charge in [-0.2, -0.15) is 17.4 Å². The Morgan fingerprint density at radius 1 is 1.40 bits per heavy atom. The molecule has 6 heteroatoms. The molecule has 0 bridgehead atoms. The van der Waals surface area contributed by atoms with E-state index in [2.05, 4.69) is 10.0 Å². The SMILES string of the molecule is CN(C1CCNC1)S(=O)(=O)NC(C)(C)C. The van der Waals surface area contributed by atoms with Gasteiger partial charge in [0.15, 0.2) is 0 Å². The lowest BCUT2D eigenvalue weighted by atomic mass is 10.1. The maximum Gasteiger partial charge on any atom is 0.279 e. The van der Waals surface area contributed by atoms with Crippen LogP contribution < -0.4 is 10.0 Å². The summed E-state index contributed by atoms with van der Waals surface area (Å²) in [5.41, 5.74) is -0.431. The van der Waals surface area contributed by atoms with E-state index < -0.39 is 15.7 Å². The van der Waals surface area contributed by atoms with Crippen LogP contribution in [-0.2, 0) is 10.2 Å². The summed E-state index contributed by atoms with van der Waals surface area (Å²) in [7, 11) is -1.73.